The lowest BCUT2D eigenvalue weighted by Crippen LogP contribution is -2.60. The third-order valence-corrected chi connectivity index (χ3v) is 15.7. The van der Waals surface area contributed by atoms with Crippen molar-refractivity contribution < 1.29 is 140 Å². The van der Waals surface area contributed by atoms with Crippen molar-refractivity contribution in [3.63, 3.8) is 0 Å². The monoisotopic (exact) mass is 1390 g/mol. The van der Waals surface area contributed by atoms with Crippen LogP contribution in [0.2, 0.25) is 0 Å². The number of rotatable bonds is 44. The molecule has 0 fully saturated rings. The van der Waals surface area contributed by atoms with Crippen molar-refractivity contribution in [2.75, 3.05) is 43.2 Å². The Labute approximate surface area is 548 Å². The molecule has 0 bridgehead atoms. The zero-order valence-corrected chi connectivity index (χ0v) is 52.2. The number of carboxylic acids is 2. The average Bonchev–Trinajstić information content (AvgIpc) is 0.880. The Morgan fingerprint density at radius 3 is 1.51 bits per heavy atom. The number of anilines is 2. The number of nitrogens with one attached hydrogen (secondary N) is 6. The molecule has 0 aliphatic rings. The number of carbonyl (C=O) groups excluding carboxylic acids is 8. The van der Waals surface area contributed by atoms with Crippen molar-refractivity contribution in [3.05, 3.63) is 52.1 Å². The standard InChI is InChI=1S/C56H82N10O29S/c1-20(49(87)63-38(47(86)45(84)36(78)18-70)32(74)10-23(19-96)54(92)93)9-31(73)37(46(85)44(83)35(77)17-69)64-52(90)28(41(80)43(82)34(76)16-68)12-30(72)21(2)60-51(89)27(40(79)42(81)33(75)15-67)11-26(71)7-8-29(55(94)95)62-50(88)22-3-5-24(6-4-22)58-13-25-14-59-48-39(61-25)53(91)66-56(57)65-48/h3-6,14,20-21,23,27-29,33-38,40-47,58,67-70,75-86,96H,7-13,15-19H2,1-2H3,(H,60,89)(H,62,88)(H,63,87)(H,64,90)(H,92,93)(H,94,95)(H3,57,59,65,66,91)/t20-,21+,23+,27+,28+,29+,33-,34-,35-,36-,37-,38-,40-,41-,42-,43-,44-,45-,46-,47-/m1/s1. The van der Waals surface area contributed by atoms with Gasteiger partial charge < -0.3 is 124 Å². The smallest absolute Gasteiger partial charge is 0.326 e. The van der Waals surface area contributed by atoms with Crippen LogP contribution in [0.5, 0.6) is 0 Å². The van der Waals surface area contributed by atoms with E-state index in [-0.39, 0.29) is 29.2 Å². The number of fused-ring (bicyclic) bond motifs is 1. The Bertz CT molecular complexity index is 3210. The summed E-state index contributed by atoms with van der Waals surface area (Å²) in [4.78, 5) is 161. The lowest BCUT2D eigenvalue weighted by atomic mass is 9.86. The van der Waals surface area contributed by atoms with Crippen molar-refractivity contribution in [1.29, 1.82) is 0 Å². The minimum Gasteiger partial charge on any atom is -0.481 e. The quantitative estimate of drug-likeness (QED) is 0.0234. The third kappa shape index (κ3) is 23.5. The molecule has 26 N–H and O–H groups in total. The van der Waals surface area contributed by atoms with E-state index in [1.807, 2.05) is 10.6 Å². The predicted octanol–water partition coefficient (Wildman–Crippen LogP) is -11.0. The van der Waals surface area contributed by atoms with Gasteiger partial charge in [-0.1, -0.05) is 6.92 Å². The maximum absolute atomic E-state index is 14.3. The van der Waals surface area contributed by atoms with Crippen LogP contribution in [0.25, 0.3) is 11.2 Å². The second-order valence-electron chi connectivity index (χ2n) is 22.5. The highest BCUT2D eigenvalue weighted by Gasteiger charge is 2.45. The number of hydrogen-bond donors (Lipinski definition) is 26. The van der Waals surface area contributed by atoms with Crippen LogP contribution in [-0.4, -0.2) is 300 Å². The van der Waals surface area contributed by atoms with Crippen LogP contribution in [0.1, 0.15) is 68.4 Å². The summed E-state index contributed by atoms with van der Waals surface area (Å²) in [6, 6.07) is -3.16. The summed E-state index contributed by atoms with van der Waals surface area (Å²) in [5.41, 5.74) is 5.51. The fourth-order valence-electron chi connectivity index (χ4n) is 9.27. The van der Waals surface area contributed by atoms with E-state index in [1.165, 1.54) is 30.5 Å². The van der Waals surface area contributed by atoms with Gasteiger partial charge in [0.2, 0.25) is 23.7 Å². The number of aromatic amines is 1. The van der Waals surface area contributed by atoms with Crippen LogP contribution in [0.3, 0.4) is 0 Å². The van der Waals surface area contributed by atoms with Crippen LogP contribution in [0.15, 0.2) is 35.3 Å². The zero-order chi connectivity index (χ0) is 72.7. The maximum Gasteiger partial charge on any atom is 0.326 e. The van der Waals surface area contributed by atoms with E-state index in [0.29, 0.717) is 11.4 Å². The van der Waals surface area contributed by atoms with E-state index in [4.69, 9.17) is 5.73 Å². The number of carboxylic acid groups (broad SMARTS) is 2. The van der Waals surface area contributed by atoms with Crippen molar-refractivity contribution in [2.24, 2.45) is 23.7 Å². The first-order valence-corrected chi connectivity index (χ1v) is 30.0. The topological polar surface area (TPSA) is 693 Å². The fourth-order valence-corrected chi connectivity index (χ4v) is 9.56. The molecule has 0 aliphatic heterocycles. The summed E-state index contributed by atoms with van der Waals surface area (Å²) in [5.74, 6) is -22.7. The Hall–Kier alpha value is -7.75. The van der Waals surface area contributed by atoms with Crippen LogP contribution >= 0.6 is 12.6 Å². The molecule has 0 aliphatic carbocycles. The van der Waals surface area contributed by atoms with Crippen LogP contribution in [0, 0.1) is 23.7 Å². The zero-order valence-electron chi connectivity index (χ0n) is 51.3. The summed E-state index contributed by atoms with van der Waals surface area (Å²) in [6.07, 6.45) is -34.1. The van der Waals surface area contributed by atoms with Gasteiger partial charge in [-0.25, -0.2) is 14.8 Å². The van der Waals surface area contributed by atoms with Gasteiger partial charge in [0.15, 0.2) is 28.5 Å². The molecule has 39 nitrogen and oxygen atoms in total. The number of aliphatic hydroxyl groups excluding tert-OH is 16. The van der Waals surface area contributed by atoms with Crippen molar-refractivity contribution in [2.45, 2.75) is 156 Å². The van der Waals surface area contributed by atoms with Gasteiger partial charge in [-0.2, -0.15) is 17.6 Å². The van der Waals surface area contributed by atoms with E-state index in [0.717, 1.165) is 13.8 Å². The second-order valence-corrected chi connectivity index (χ2v) is 22.9. The maximum atomic E-state index is 14.3. The van der Waals surface area contributed by atoms with Gasteiger partial charge in [0.1, 0.15) is 84.9 Å². The molecule has 40 heteroatoms. The van der Waals surface area contributed by atoms with Gasteiger partial charge in [-0.05, 0) is 37.6 Å². The van der Waals surface area contributed by atoms with Gasteiger partial charge in [-0.15, -0.1) is 0 Å². The molecule has 0 saturated carbocycles. The summed E-state index contributed by atoms with van der Waals surface area (Å²) in [7, 11) is 0. The first-order valence-electron chi connectivity index (χ1n) is 29.3. The normalized spacial score (nSPS) is 18.0. The van der Waals surface area contributed by atoms with Crippen molar-refractivity contribution in [1.82, 2.24) is 41.2 Å². The molecule has 1 aromatic carbocycles. The molecule has 4 amide bonds. The molecular weight excluding hydrogens is 1310 g/mol. The highest BCUT2D eigenvalue weighted by Crippen LogP contribution is 2.24. The van der Waals surface area contributed by atoms with Gasteiger partial charge in [0, 0.05) is 55.0 Å². The number of H-pyrrole nitrogens is 1. The number of nitrogens with zero attached hydrogens (tertiary/aromatic N) is 3. The number of thiol groups is 1. The molecule has 2 aromatic heterocycles. The Morgan fingerprint density at radius 2 is 1.03 bits per heavy atom. The molecule has 3 rings (SSSR count). The number of aliphatic carboxylic acids is 2. The number of carbonyl (C=O) groups is 10. The number of amides is 4. The van der Waals surface area contributed by atoms with Crippen LogP contribution in [-0.2, 0) is 49.7 Å². The van der Waals surface area contributed by atoms with Crippen LogP contribution < -0.4 is 37.9 Å². The minimum absolute atomic E-state index is 0.00698. The van der Waals surface area contributed by atoms with Gasteiger partial charge in [-0.3, -0.25) is 52.9 Å². The Morgan fingerprint density at radius 1 is 0.562 bits per heavy atom. The molecule has 0 spiro atoms. The first-order chi connectivity index (χ1) is 45.0. The Balaban J connectivity index is 1.88. The lowest BCUT2D eigenvalue weighted by molar-refractivity contribution is -0.149. The summed E-state index contributed by atoms with van der Waals surface area (Å²) >= 11 is 3.85. The highest BCUT2D eigenvalue weighted by atomic mass is 32.1. The Kier molecular flexibility index (Phi) is 33.4. The molecule has 2 heterocycles. The van der Waals surface area contributed by atoms with Gasteiger partial charge in [0.25, 0.3) is 11.5 Å². The molecular formula is C56H82N10O29S. The fraction of sp³-hybridized carbons (Fsp3) is 0.607. The molecule has 20 atom stereocenters. The largest absolute Gasteiger partial charge is 0.481 e. The average molecular weight is 1390 g/mol. The third-order valence-electron chi connectivity index (χ3n) is 15.3. The molecule has 0 unspecified atom stereocenters. The highest BCUT2D eigenvalue weighted by molar-refractivity contribution is 7.80. The molecule has 96 heavy (non-hydrogen) atoms. The number of Topliss-reactive ketones (excluding diaryl/α,β-unsaturated/α-hetero) is 4. The number of ketones is 4. The number of benzene rings is 1. The molecule has 0 radical (unpaired) electrons. The molecule has 536 valence electrons. The summed E-state index contributed by atoms with van der Waals surface area (Å²) in [6.45, 7) is -3.22. The predicted molar refractivity (Wildman–Crippen MR) is 326 cm³/mol. The molecule has 3 aromatic rings. The number of hydrogen-bond acceptors (Lipinski definition) is 33. The van der Waals surface area contributed by atoms with E-state index >= 15 is 0 Å². The van der Waals surface area contributed by atoms with E-state index in [2.05, 4.69) is 48.5 Å². The van der Waals surface area contributed by atoms with Crippen molar-refractivity contribution in [3.8, 4) is 0 Å². The number of aliphatic hydroxyl groups is 16. The number of nitrogen functional groups attached to an aromatic ring is 1. The SMILES string of the molecule is C[C@H](CC(=O)[C@@H](NC(=O)[C@@H](CC(=O)[C@H](C)NC(=O)[C@@H](CC(=O)CC[C@H](NC(=O)c1ccc(NCc2cnc3nc(N)[nH]c(=O)c3n2)cc1)C(=O)O)[C@@H](O)[C@H](O)[C@H](O)CO)[C@@H](O)[C@H](O)[C@H](O)CO)[C@@H](O)[C@H](O)[C@H](O)CO)C(=O)N[C@H](C(=O)C[C@@H](CS)C(=O)O)[C@@H](O)[C@H](O)[C@H](O)CO. The minimum atomic E-state index is -2.73. The van der Waals surface area contributed by atoms with Crippen LogP contribution in [0.4, 0.5) is 11.6 Å². The lowest BCUT2D eigenvalue weighted by Gasteiger charge is -2.33. The van der Waals surface area contributed by atoms with Gasteiger partial charge in [0.05, 0.1) is 80.9 Å². The van der Waals surface area contributed by atoms with E-state index in [1.54, 1.807) is 0 Å². The molecule has 0 saturated heterocycles. The number of aromatic nitrogens is 4. The van der Waals surface area contributed by atoms with E-state index in [9.17, 15) is 145 Å². The van der Waals surface area contributed by atoms with Crippen molar-refractivity contribution >= 4 is 94.1 Å². The number of nitrogens with two attached hydrogens (primary N) is 1. The second kappa shape index (κ2) is 38.9. The van der Waals surface area contributed by atoms with Gasteiger partial charge >= 0.3 is 11.9 Å². The van der Waals surface area contributed by atoms with E-state index < -0.39 is 256 Å². The summed E-state index contributed by atoms with van der Waals surface area (Å²) < 4.78 is 0. The first kappa shape index (κ1) is 82.5. The summed E-state index contributed by atoms with van der Waals surface area (Å²) in [5, 5.41) is 196.